The Hall–Kier alpha value is -2.00. The predicted molar refractivity (Wildman–Crippen MR) is 70.1 cm³/mol. The molecule has 0 aliphatic carbocycles. The average Bonchev–Trinajstić information content (AvgIpc) is 2.41. The van der Waals surface area contributed by atoms with Crippen LogP contribution in [0.15, 0.2) is 9.59 Å². The third-order valence-electron chi connectivity index (χ3n) is 2.85. The summed E-state index contributed by atoms with van der Waals surface area (Å²) in [6, 6.07) is 0. The van der Waals surface area contributed by atoms with Crippen LogP contribution in [0.2, 0.25) is 0 Å². The molecule has 0 spiro atoms. The number of aromatic nitrogens is 2. The topological polar surface area (TPSA) is 82.0 Å². The Labute approximate surface area is 117 Å². The number of alkyl halides is 4. The first kappa shape index (κ1) is 17.1. The van der Waals surface area contributed by atoms with Crippen molar-refractivity contribution in [2.24, 2.45) is 7.05 Å². The normalized spacial score (nSPS) is 12.0. The molecule has 0 aliphatic heterocycles. The lowest BCUT2D eigenvalue weighted by molar-refractivity contribution is -0.117. The Morgan fingerprint density at radius 1 is 1.33 bits per heavy atom. The van der Waals surface area contributed by atoms with E-state index in [9.17, 15) is 27.2 Å². The minimum atomic E-state index is -4.32. The van der Waals surface area contributed by atoms with Crippen molar-refractivity contribution in [3.05, 3.63) is 20.8 Å². The molecule has 6 nitrogen and oxygen atoms in total. The first-order valence-corrected chi connectivity index (χ1v) is 6.12. The van der Waals surface area contributed by atoms with Gasteiger partial charge in [-0.25, -0.2) is 13.6 Å². The molecule has 10 heteroatoms. The number of anilines is 2. The molecule has 0 saturated carbocycles. The maximum Gasteiger partial charge on any atom is 0.332 e. The smallest absolute Gasteiger partial charge is 0.332 e. The van der Waals surface area contributed by atoms with Gasteiger partial charge in [0.05, 0.1) is 6.54 Å². The average molecular weight is 312 g/mol. The molecule has 0 saturated heterocycles. The van der Waals surface area contributed by atoms with Crippen LogP contribution in [-0.4, -0.2) is 28.0 Å². The van der Waals surface area contributed by atoms with Gasteiger partial charge in [-0.15, -0.1) is 0 Å². The molecule has 3 N–H and O–H groups in total. The van der Waals surface area contributed by atoms with Gasteiger partial charge in [-0.05, 0) is 6.42 Å². The summed E-state index contributed by atoms with van der Waals surface area (Å²) in [5.74, 6) is -4.67. The Bertz CT molecular complexity index is 624. The molecule has 1 rings (SSSR count). The number of hydrogen-bond donors (Lipinski definition) is 2. The van der Waals surface area contributed by atoms with Crippen LogP contribution in [0.4, 0.5) is 29.1 Å². The quantitative estimate of drug-likeness (QED) is 0.763. The number of halogens is 4. The molecule has 21 heavy (non-hydrogen) atoms. The molecule has 0 radical (unpaired) electrons. The number of rotatable bonds is 6. The minimum Gasteiger partial charge on any atom is -0.383 e. The Morgan fingerprint density at radius 3 is 2.38 bits per heavy atom. The van der Waals surface area contributed by atoms with Crippen LogP contribution in [-0.2, 0) is 13.6 Å². The number of hydrogen-bond acceptors (Lipinski definition) is 4. The van der Waals surface area contributed by atoms with Crippen LogP contribution < -0.4 is 22.3 Å². The van der Waals surface area contributed by atoms with E-state index in [0.717, 1.165) is 11.6 Å². The van der Waals surface area contributed by atoms with Crippen molar-refractivity contribution in [2.75, 3.05) is 17.6 Å². The molecule has 0 amide bonds. The summed E-state index contributed by atoms with van der Waals surface area (Å²) in [4.78, 5) is 23.6. The van der Waals surface area contributed by atoms with Gasteiger partial charge in [0.25, 0.3) is 5.56 Å². The maximum absolute atomic E-state index is 12.9. The van der Waals surface area contributed by atoms with E-state index in [1.807, 2.05) is 5.32 Å². The van der Waals surface area contributed by atoms with Crippen LogP contribution >= 0.6 is 0 Å². The van der Waals surface area contributed by atoms with Gasteiger partial charge in [-0.3, -0.25) is 13.9 Å². The van der Waals surface area contributed by atoms with Gasteiger partial charge in [0.2, 0.25) is 0 Å². The van der Waals surface area contributed by atoms with Gasteiger partial charge in [-0.1, -0.05) is 6.92 Å². The second-order valence-corrected chi connectivity index (χ2v) is 4.47. The molecular weight excluding hydrogens is 296 g/mol. The molecule has 0 aromatic carbocycles. The van der Waals surface area contributed by atoms with Gasteiger partial charge < -0.3 is 11.1 Å². The predicted octanol–water partition coefficient (Wildman–Crippen LogP) is 0.851. The van der Waals surface area contributed by atoms with Gasteiger partial charge in [0, 0.05) is 13.6 Å². The maximum atomic E-state index is 12.9. The zero-order valence-corrected chi connectivity index (χ0v) is 11.5. The monoisotopic (exact) mass is 312 g/mol. The van der Waals surface area contributed by atoms with Crippen molar-refractivity contribution in [3.63, 3.8) is 0 Å². The summed E-state index contributed by atoms with van der Waals surface area (Å²) in [6.07, 6.45) is -3.37. The second kappa shape index (κ2) is 6.19. The number of nitrogen functional groups attached to an aromatic ring is 1. The summed E-state index contributed by atoms with van der Waals surface area (Å²) >= 11 is 0. The van der Waals surface area contributed by atoms with Crippen molar-refractivity contribution in [1.82, 2.24) is 9.13 Å². The second-order valence-electron chi connectivity index (χ2n) is 4.47. The van der Waals surface area contributed by atoms with E-state index in [1.54, 1.807) is 6.92 Å². The van der Waals surface area contributed by atoms with E-state index in [2.05, 4.69) is 0 Å². The van der Waals surface area contributed by atoms with Crippen LogP contribution in [0.1, 0.15) is 13.3 Å². The fourth-order valence-electron chi connectivity index (χ4n) is 1.67. The zero-order chi connectivity index (χ0) is 16.4. The summed E-state index contributed by atoms with van der Waals surface area (Å²) in [6.45, 7) is 0.447. The number of nitrogens with zero attached hydrogens (tertiary/aromatic N) is 2. The van der Waals surface area contributed by atoms with E-state index in [-0.39, 0.29) is 12.4 Å². The number of nitrogens with two attached hydrogens (primary N) is 1. The largest absolute Gasteiger partial charge is 0.383 e. The third kappa shape index (κ3) is 3.37. The summed E-state index contributed by atoms with van der Waals surface area (Å²) in [7, 11) is 1.15. The van der Waals surface area contributed by atoms with Crippen molar-refractivity contribution in [2.45, 2.75) is 32.2 Å². The van der Waals surface area contributed by atoms with Crippen molar-refractivity contribution in [1.29, 1.82) is 0 Å². The first-order chi connectivity index (χ1) is 9.63. The molecule has 0 fully saturated rings. The summed E-state index contributed by atoms with van der Waals surface area (Å²) in [5.41, 5.74) is 3.45. The highest BCUT2D eigenvalue weighted by Gasteiger charge is 2.40. The molecule has 120 valence electrons. The van der Waals surface area contributed by atoms with E-state index in [4.69, 9.17) is 5.73 Å². The van der Waals surface area contributed by atoms with Crippen LogP contribution in [0.5, 0.6) is 0 Å². The molecule has 1 aromatic heterocycles. The lowest BCUT2D eigenvalue weighted by atomic mass is 10.3. The highest BCUT2D eigenvalue weighted by atomic mass is 19.3. The third-order valence-corrected chi connectivity index (χ3v) is 2.85. The number of nitrogens with one attached hydrogen (secondary N) is 1. The first-order valence-electron chi connectivity index (χ1n) is 6.12. The minimum absolute atomic E-state index is 0.165. The summed E-state index contributed by atoms with van der Waals surface area (Å²) < 4.78 is 51.7. The highest BCUT2D eigenvalue weighted by Crippen LogP contribution is 2.23. The molecule has 1 aromatic rings. The van der Waals surface area contributed by atoms with Crippen molar-refractivity contribution < 1.29 is 17.6 Å². The van der Waals surface area contributed by atoms with Gasteiger partial charge in [-0.2, -0.15) is 8.78 Å². The Balaban J connectivity index is 3.25. The highest BCUT2D eigenvalue weighted by molar-refractivity contribution is 5.60. The van der Waals surface area contributed by atoms with E-state index in [0.29, 0.717) is 11.0 Å². The fraction of sp³-hybridized carbons (Fsp3) is 0.636. The molecule has 0 unspecified atom stereocenters. The van der Waals surface area contributed by atoms with Gasteiger partial charge >= 0.3 is 18.0 Å². The van der Waals surface area contributed by atoms with Gasteiger partial charge in [0.15, 0.2) is 0 Å². The Kier molecular flexibility index (Phi) is 5.02. The van der Waals surface area contributed by atoms with Crippen molar-refractivity contribution >= 4 is 11.5 Å². The molecule has 0 atom stereocenters. The van der Waals surface area contributed by atoms with Crippen LogP contribution in [0, 0.1) is 0 Å². The van der Waals surface area contributed by atoms with Crippen molar-refractivity contribution in [3.8, 4) is 0 Å². The van der Waals surface area contributed by atoms with Crippen LogP contribution in [0.3, 0.4) is 0 Å². The van der Waals surface area contributed by atoms with E-state index < -0.39 is 35.8 Å². The van der Waals surface area contributed by atoms with E-state index in [1.165, 1.54) is 0 Å². The molecule has 0 bridgehead atoms. The molecular formula is C11H16F4N4O2. The Morgan fingerprint density at radius 2 is 1.90 bits per heavy atom. The van der Waals surface area contributed by atoms with Gasteiger partial charge in [0.1, 0.15) is 11.5 Å². The fourth-order valence-corrected chi connectivity index (χ4v) is 1.67. The molecule has 0 aliphatic rings. The summed E-state index contributed by atoms with van der Waals surface area (Å²) in [5, 5.41) is 1.92. The lowest BCUT2D eigenvalue weighted by Gasteiger charge is -2.19. The SMILES string of the molecule is CCCn1c(N)c(NCC(F)(F)C(F)F)c(=O)n(C)c1=O. The lowest BCUT2D eigenvalue weighted by Crippen LogP contribution is -2.42. The van der Waals surface area contributed by atoms with Crippen LogP contribution in [0.25, 0.3) is 0 Å². The zero-order valence-electron chi connectivity index (χ0n) is 11.5. The van der Waals surface area contributed by atoms with E-state index >= 15 is 0 Å². The standard InChI is InChI=1S/C11H16F4N4O2/c1-3-4-19-7(16)6(8(20)18(2)10(19)21)17-5-11(14,15)9(12)13/h9,17H,3-5,16H2,1-2H3. The molecule has 1 heterocycles.